The minimum atomic E-state index is -0.491. The number of aliphatic hydroxyl groups excluding tert-OH is 1. The number of aliphatic hydroxyl groups is 1. The number of ether oxygens (including phenoxy) is 1. The molecule has 1 aromatic rings. The molecule has 1 aliphatic heterocycles. The minimum Gasteiger partial charge on any atom is -0.394 e. The van der Waals surface area contributed by atoms with Crippen LogP contribution in [0, 0.1) is 0 Å². The summed E-state index contributed by atoms with van der Waals surface area (Å²) >= 11 is 13.6. The molecular formula is C11H12Cl2O2S. The molecule has 0 bridgehead atoms. The average molecular weight is 279 g/mol. The quantitative estimate of drug-likeness (QED) is 0.900. The maximum absolute atomic E-state index is 9.07. The van der Waals surface area contributed by atoms with Crippen LogP contribution in [0.25, 0.3) is 0 Å². The lowest BCUT2D eigenvalue weighted by molar-refractivity contribution is -0.0249. The van der Waals surface area contributed by atoms with E-state index < -0.39 is 4.93 Å². The molecule has 1 heterocycles. The van der Waals surface area contributed by atoms with E-state index in [0.29, 0.717) is 10.0 Å². The molecule has 2 rings (SSSR count). The Balaban J connectivity index is 2.30. The van der Waals surface area contributed by atoms with E-state index in [2.05, 4.69) is 0 Å². The van der Waals surface area contributed by atoms with Gasteiger partial charge in [0.15, 0.2) is 0 Å². The molecule has 88 valence electrons. The highest BCUT2D eigenvalue weighted by Gasteiger charge is 2.39. The van der Waals surface area contributed by atoms with Gasteiger partial charge in [0, 0.05) is 21.4 Å². The van der Waals surface area contributed by atoms with Crippen molar-refractivity contribution >= 4 is 35.0 Å². The summed E-state index contributed by atoms with van der Waals surface area (Å²) in [5.41, 5.74) is 0.902. The zero-order valence-corrected chi connectivity index (χ0v) is 11.1. The first-order valence-corrected chi connectivity index (χ1v) is 6.67. The summed E-state index contributed by atoms with van der Waals surface area (Å²) in [5, 5.41) is 10.3. The summed E-state index contributed by atoms with van der Waals surface area (Å²) in [6, 6.07) is 5.38. The first-order valence-electron chi connectivity index (χ1n) is 4.93. The molecule has 0 aliphatic carbocycles. The predicted octanol–water partition coefficient (Wildman–Crippen LogP) is 3.29. The number of benzene rings is 1. The topological polar surface area (TPSA) is 29.5 Å². The van der Waals surface area contributed by atoms with Gasteiger partial charge in [-0.2, -0.15) is 0 Å². The molecule has 1 saturated heterocycles. The molecule has 0 spiro atoms. The Kier molecular flexibility index (Phi) is 3.72. The highest BCUT2D eigenvalue weighted by molar-refractivity contribution is 8.00. The van der Waals surface area contributed by atoms with Gasteiger partial charge in [-0.3, -0.25) is 0 Å². The summed E-state index contributed by atoms with van der Waals surface area (Å²) < 4.78 is 5.79. The van der Waals surface area contributed by atoms with Crippen molar-refractivity contribution in [2.45, 2.75) is 18.0 Å². The summed E-state index contributed by atoms with van der Waals surface area (Å²) in [4.78, 5) is -0.491. The van der Waals surface area contributed by atoms with Crippen LogP contribution in [0.4, 0.5) is 0 Å². The molecule has 5 heteroatoms. The van der Waals surface area contributed by atoms with E-state index in [1.807, 2.05) is 13.0 Å². The lowest BCUT2D eigenvalue weighted by Gasteiger charge is -2.25. The van der Waals surface area contributed by atoms with Gasteiger partial charge in [0.25, 0.3) is 0 Å². The van der Waals surface area contributed by atoms with E-state index in [1.165, 1.54) is 0 Å². The standard InChI is InChI=1S/C11H12Cl2O2S/c1-11(15-8(5-14)6-16-11)9-3-2-7(12)4-10(9)13/h2-4,8,14H,5-6H2,1H3/t8-,11+/m0/s1. The van der Waals surface area contributed by atoms with Crippen LogP contribution in [-0.2, 0) is 9.67 Å². The fourth-order valence-electron chi connectivity index (χ4n) is 1.73. The zero-order valence-electron chi connectivity index (χ0n) is 8.74. The van der Waals surface area contributed by atoms with Gasteiger partial charge in [0.05, 0.1) is 12.7 Å². The number of hydrogen-bond acceptors (Lipinski definition) is 3. The molecule has 1 aliphatic rings. The molecule has 1 aromatic carbocycles. The molecule has 1 N–H and O–H groups in total. The summed E-state index contributed by atoms with van der Waals surface area (Å²) in [7, 11) is 0. The Morgan fingerprint density at radius 1 is 1.56 bits per heavy atom. The highest BCUT2D eigenvalue weighted by atomic mass is 35.5. The van der Waals surface area contributed by atoms with Crippen molar-refractivity contribution in [2.24, 2.45) is 0 Å². The molecule has 1 fully saturated rings. The maximum Gasteiger partial charge on any atom is 0.138 e. The Morgan fingerprint density at radius 2 is 2.31 bits per heavy atom. The molecular weight excluding hydrogens is 267 g/mol. The van der Waals surface area contributed by atoms with Crippen LogP contribution < -0.4 is 0 Å². The van der Waals surface area contributed by atoms with Gasteiger partial charge in [-0.05, 0) is 19.1 Å². The zero-order chi connectivity index (χ0) is 11.8. The molecule has 0 aromatic heterocycles. The molecule has 0 radical (unpaired) electrons. The van der Waals surface area contributed by atoms with Gasteiger partial charge in [-0.1, -0.05) is 29.3 Å². The predicted molar refractivity (Wildman–Crippen MR) is 68.2 cm³/mol. The van der Waals surface area contributed by atoms with Gasteiger partial charge in [0.2, 0.25) is 0 Å². The normalized spacial score (nSPS) is 29.6. The third kappa shape index (κ3) is 2.34. The van der Waals surface area contributed by atoms with Crippen LogP contribution in [-0.4, -0.2) is 23.6 Å². The fraction of sp³-hybridized carbons (Fsp3) is 0.455. The van der Waals surface area contributed by atoms with Crippen LogP contribution in [0.15, 0.2) is 18.2 Å². The molecule has 0 unspecified atom stereocenters. The van der Waals surface area contributed by atoms with Crippen LogP contribution in [0.3, 0.4) is 0 Å². The fourth-order valence-corrected chi connectivity index (χ4v) is 3.59. The second kappa shape index (κ2) is 4.75. The van der Waals surface area contributed by atoms with Crippen molar-refractivity contribution in [2.75, 3.05) is 12.4 Å². The van der Waals surface area contributed by atoms with Gasteiger partial charge in [-0.25, -0.2) is 0 Å². The third-order valence-electron chi connectivity index (χ3n) is 2.56. The van der Waals surface area contributed by atoms with Gasteiger partial charge in [0.1, 0.15) is 4.93 Å². The van der Waals surface area contributed by atoms with Gasteiger partial charge < -0.3 is 9.84 Å². The molecule has 0 amide bonds. The van der Waals surface area contributed by atoms with Crippen LogP contribution in [0.1, 0.15) is 12.5 Å². The Morgan fingerprint density at radius 3 is 2.88 bits per heavy atom. The Bertz CT molecular complexity index is 400. The second-order valence-corrected chi connectivity index (χ2v) is 6.05. The number of halogens is 2. The Hall–Kier alpha value is 0.0700. The van der Waals surface area contributed by atoms with E-state index in [-0.39, 0.29) is 12.7 Å². The van der Waals surface area contributed by atoms with Crippen molar-refractivity contribution in [3.8, 4) is 0 Å². The number of hydrogen-bond donors (Lipinski definition) is 1. The minimum absolute atomic E-state index is 0.0355. The first kappa shape index (κ1) is 12.5. The van der Waals surface area contributed by atoms with E-state index in [0.717, 1.165) is 11.3 Å². The van der Waals surface area contributed by atoms with E-state index in [9.17, 15) is 0 Å². The lowest BCUT2D eigenvalue weighted by Crippen LogP contribution is -2.23. The smallest absolute Gasteiger partial charge is 0.138 e. The molecule has 2 atom stereocenters. The van der Waals surface area contributed by atoms with Crippen molar-refractivity contribution in [3.63, 3.8) is 0 Å². The van der Waals surface area contributed by atoms with Gasteiger partial charge in [-0.15, -0.1) is 11.8 Å². The monoisotopic (exact) mass is 278 g/mol. The summed E-state index contributed by atoms with van der Waals surface area (Å²) in [6.45, 7) is 2.00. The largest absolute Gasteiger partial charge is 0.394 e. The van der Waals surface area contributed by atoms with Crippen LogP contribution in [0.2, 0.25) is 10.0 Å². The molecule has 0 saturated carbocycles. The number of rotatable bonds is 2. The summed E-state index contributed by atoms with van der Waals surface area (Å²) in [5.74, 6) is 0.770. The Labute approximate surface area is 109 Å². The first-order chi connectivity index (χ1) is 7.55. The van der Waals surface area contributed by atoms with Crippen molar-refractivity contribution in [1.82, 2.24) is 0 Å². The van der Waals surface area contributed by atoms with Crippen LogP contribution in [0.5, 0.6) is 0 Å². The lowest BCUT2D eigenvalue weighted by atomic mass is 10.1. The van der Waals surface area contributed by atoms with Crippen LogP contribution >= 0.6 is 35.0 Å². The maximum atomic E-state index is 9.07. The highest BCUT2D eigenvalue weighted by Crippen LogP contribution is 2.47. The number of thioether (sulfide) groups is 1. The van der Waals surface area contributed by atoms with Gasteiger partial charge >= 0.3 is 0 Å². The van der Waals surface area contributed by atoms with E-state index in [1.54, 1.807) is 23.9 Å². The molecule has 16 heavy (non-hydrogen) atoms. The van der Waals surface area contributed by atoms with Crippen molar-refractivity contribution in [1.29, 1.82) is 0 Å². The third-order valence-corrected chi connectivity index (χ3v) is 4.51. The van der Waals surface area contributed by atoms with Crippen molar-refractivity contribution < 1.29 is 9.84 Å². The average Bonchev–Trinajstić information content (AvgIpc) is 2.61. The van der Waals surface area contributed by atoms with E-state index in [4.69, 9.17) is 33.0 Å². The molecule has 2 nitrogen and oxygen atoms in total. The van der Waals surface area contributed by atoms with Crippen molar-refractivity contribution in [3.05, 3.63) is 33.8 Å². The summed E-state index contributed by atoms with van der Waals surface area (Å²) in [6.07, 6.45) is -0.123. The second-order valence-electron chi connectivity index (χ2n) is 3.80. The van der Waals surface area contributed by atoms with E-state index >= 15 is 0 Å². The SMILES string of the molecule is C[C@@]1(c2ccc(Cl)cc2Cl)O[C@@H](CO)CS1.